The van der Waals surface area contributed by atoms with Crippen molar-refractivity contribution in [2.24, 2.45) is 17.8 Å². The van der Waals surface area contributed by atoms with Gasteiger partial charge in [-0.3, -0.25) is 4.79 Å². The van der Waals surface area contributed by atoms with Gasteiger partial charge in [0.25, 0.3) is 0 Å². The Balaban J connectivity index is 2.75. The molecule has 0 aliphatic heterocycles. The predicted molar refractivity (Wildman–Crippen MR) is 81.5 cm³/mol. The molecule has 0 radical (unpaired) electrons. The molecule has 20 heavy (non-hydrogen) atoms. The Morgan fingerprint density at radius 1 is 1.25 bits per heavy atom. The van der Waals surface area contributed by atoms with Gasteiger partial charge in [-0.25, -0.2) is 0 Å². The summed E-state index contributed by atoms with van der Waals surface area (Å²) < 4.78 is 10.4. The Bertz CT molecular complexity index is 353. The van der Waals surface area contributed by atoms with Crippen molar-refractivity contribution >= 4 is 5.78 Å². The summed E-state index contributed by atoms with van der Waals surface area (Å²) in [5.41, 5.74) is 2.29. The molecule has 2 unspecified atom stereocenters. The summed E-state index contributed by atoms with van der Waals surface area (Å²) in [6.07, 6.45) is 3.13. The first kappa shape index (κ1) is 17.4. The Hall–Kier alpha value is -0.670. The van der Waals surface area contributed by atoms with Gasteiger partial charge in [0.1, 0.15) is 0 Å². The van der Waals surface area contributed by atoms with Crippen molar-refractivity contribution in [1.82, 2.24) is 0 Å². The number of methoxy groups -OCH3 is 2. The molecule has 1 rings (SSSR count). The van der Waals surface area contributed by atoms with Crippen LogP contribution in [0.5, 0.6) is 0 Å². The zero-order valence-electron chi connectivity index (χ0n) is 13.9. The van der Waals surface area contributed by atoms with E-state index in [-0.39, 0.29) is 6.29 Å². The molecule has 3 heteroatoms. The van der Waals surface area contributed by atoms with E-state index in [1.165, 1.54) is 5.57 Å². The fourth-order valence-electron chi connectivity index (χ4n) is 3.21. The third kappa shape index (κ3) is 4.42. The van der Waals surface area contributed by atoms with Crippen LogP contribution in [0.15, 0.2) is 11.1 Å². The Morgan fingerprint density at radius 2 is 1.85 bits per heavy atom. The van der Waals surface area contributed by atoms with Gasteiger partial charge in [-0.1, -0.05) is 26.3 Å². The topological polar surface area (TPSA) is 35.5 Å². The second-order valence-corrected chi connectivity index (χ2v) is 6.41. The lowest BCUT2D eigenvalue weighted by molar-refractivity contribution is -0.119. The van der Waals surface area contributed by atoms with Crippen LogP contribution in [0.3, 0.4) is 0 Å². The van der Waals surface area contributed by atoms with Crippen molar-refractivity contribution in [3.8, 4) is 0 Å². The normalized spacial score (nSPS) is 24.1. The van der Waals surface area contributed by atoms with Crippen molar-refractivity contribution in [2.45, 2.75) is 59.7 Å². The number of carbonyl (C=O) groups is 1. The first-order valence-electron chi connectivity index (χ1n) is 7.69. The molecule has 1 aliphatic carbocycles. The zero-order chi connectivity index (χ0) is 15.3. The minimum absolute atomic E-state index is 0.216. The highest BCUT2D eigenvalue weighted by Crippen LogP contribution is 2.37. The summed E-state index contributed by atoms with van der Waals surface area (Å²) in [6.45, 7) is 8.85. The number of Topliss-reactive ketones (excluding diaryl/α,β-unsaturated/α-hetero) is 1. The van der Waals surface area contributed by atoms with E-state index in [4.69, 9.17) is 9.47 Å². The van der Waals surface area contributed by atoms with Crippen LogP contribution in [-0.2, 0) is 14.3 Å². The average molecular weight is 282 g/mol. The van der Waals surface area contributed by atoms with Gasteiger partial charge in [-0.15, -0.1) is 0 Å². The first-order valence-corrected chi connectivity index (χ1v) is 7.69. The van der Waals surface area contributed by atoms with E-state index in [1.54, 1.807) is 14.2 Å². The van der Waals surface area contributed by atoms with Crippen LogP contribution in [0.4, 0.5) is 0 Å². The van der Waals surface area contributed by atoms with E-state index < -0.39 is 0 Å². The number of ketones is 1. The summed E-state index contributed by atoms with van der Waals surface area (Å²) >= 11 is 0. The summed E-state index contributed by atoms with van der Waals surface area (Å²) in [5.74, 6) is 1.99. The maximum atomic E-state index is 12.4. The lowest BCUT2D eigenvalue weighted by atomic mass is 9.72. The molecule has 0 N–H and O–H groups in total. The molecule has 1 aliphatic rings. The van der Waals surface area contributed by atoms with E-state index in [0.29, 0.717) is 30.0 Å². The Labute approximate surface area is 123 Å². The molecular formula is C17H30O3. The molecule has 0 aromatic carbocycles. The van der Waals surface area contributed by atoms with Crippen LogP contribution in [0.25, 0.3) is 0 Å². The fourth-order valence-corrected chi connectivity index (χ4v) is 3.21. The smallest absolute Gasteiger partial charge is 0.159 e. The minimum Gasteiger partial charge on any atom is -0.356 e. The highest BCUT2D eigenvalue weighted by atomic mass is 16.7. The number of rotatable bonds is 7. The number of carbonyl (C=O) groups excluding carboxylic acids is 1. The maximum absolute atomic E-state index is 12.4. The molecule has 0 aromatic heterocycles. The molecule has 0 heterocycles. The molecule has 3 nitrogen and oxygen atoms in total. The second kappa shape index (κ2) is 7.94. The van der Waals surface area contributed by atoms with Gasteiger partial charge >= 0.3 is 0 Å². The highest BCUT2D eigenvalue weighted by Gasteiger charge is 2.31. The summed E-state index contributed by atoms with van der Waals surface area (Å²) in [7, 11) is 3.28. The van der Waals surface area contributed by atoms with E-state index in [0.717, 1.165) is 24.8 Å². The molecule has 0 fully saturated rings. The standard InChI is InChI=1S/C17H30O3/c1-11(2)9-14-10-16(18)15(13(4)12(14)3)7-8-17(19-5)20-6/h11-12,14,17H,7-10H2,1-6H3. The van der Waals surface area contributed by atoms with Gasteiger partial charge in [0.15, 0.2) is 12.1 Å². The molecule has 0 spiro atoms. The van der Waals surface area contributed by atoms with Gasteiger partial charge in [0.2, 0.25) is 0 Å². The quantitative estimate of drug-likeness (QED) is 0.663. The van der Waals surface area contributed by atoms with Gasteiger partial charge in [0.05, 0.1) is 0 Å². The SMILES string of the molecule is COC(CCC1=C(C)C(C)C(CC(C)C)CC1=O)OC. The minimum atomic E-state index is -0.216. The van der Waals surface area contributed by atoms with Crippen LogP contribution in [-0.4, -0.2) is 26.3 Å². The van der Waals surface area contributed by atoms with Crippen molar-refractivity contribution in [3.05, 3.63) is 11.1 Å². The third-order valence-electron chi connectivity index (χ3n) is 4.58. The van der Waals surface area contributed by atoms with Gasteiger partial charge in [-0.2, -0.15) is 0 Å². The van der Waals surface area contributed by atoms with E-state index in [2.05, 4.69) is 27.7 Å². The predicted octanol–water partition coefficient (Wildman–Crippen LogP) is 3.97. The van der Waals surface area contributed by atoms with Gasteiger partial charge in [-0.05, 0) is 43.1 Å². The van der Waals surface area contributed by atoms with Gasteiger partial charge in [0, 0.05) is 27.1 Å². The van der Waals surface area contributed by atoms with Crippen LogP contribution in [0.2, 0.25) is 0 Å². The van der Waals surface area contributed by atoms with Crippen LogP contribution < -0.4 is 0 Å². The maximum Gasteiger partial charge on any atom is 0.159 e. The third-order valence-corrected chi connectivity index (χ3v) is 4.58. The molecule has 2 atom stereocenters. The zero-order valence-corrected chi connectivity index (χ0v) is 13.9. The van der Waals surface area contributed by atoms with Crippen molar-refractivity contribution in [3.63, 3.8) is 0 Å². The fraction of sp³-hybridized carbons (Fsp3) is 0.824. The largest absolute Gasteiger partial charge is 0.356 e. The lowest BCUT2D eigenvalue weighted by Crippen LogP contribution is -2.27. The molecule has 0 saturated carbocycles. The van der Waals surface area contributed by atoms with Gasteiger partial charge < -0.3 is 9.47 Å². The van der Waals surface area contributed by atoms with Crippen molar-refractivity contribution in [1.29, 1.82) is 0 Å². The number of hydrogen-bond donors (Lipinski definition) is 0. The molecule has 116 valence electrons. The first-order chi connectivity index (χ1) is 9.40. The lowest BCUT2D eigenvalue weighted by Gasteiger charge is -2.32. The summed E-state index contributed by atoms with van der Waals surface area (Å²) in [5, 5.41) is 0. The van der Waals surface area contributed by atoms with E-state index >= 15 is 0 Å². The number of allylic oxidation sites excluding steroid dienone is 2. The Morgan fingerprint density at radius 3 is 2.35 bits per heavy atom. The van der Waals surface area contributed by atoms with E-state index in [1.807, 2.05) is 0 Å². The highest BCUT2D eigenvalue weighted by molar-refractivity contribution is 5.97. The molecule has 0 bridgehead atoms. The number of ether oxygens (including phenoxy) is 2. The van der Waals surface area contributed by atoms with Crippen LogP contribution in [0, 0.1) is 17.8 Å². The second-order valence-electron chi connectivity index (χ2n) is 6.41. The molecule has 0 amide bonds. The monoisotopic (exact) mass is 282 g/mol. The average Bonchev–Trinajstić information content (AvgIpc) is 2.39. The van der Waals surface area contributed by atoms with E-state index in [9.17, 15) is 4.79 Å². The summed E-state index contributed by atoms with van der Waals surface area (Å²) in [6, 6.07) is 0. The van der Waals surface area contributed by atoms with Crippen molar-refractivity contribution in [2.75, 3.05) is 14.2 Å². The molecular weight excluding hydrogens is 252 g/mol. The molecule has 0 saturated heterocycles. The molecule has 0 aromatic rings. The van der Waals surface area contributed by atoms with Crippen LogP contribution in [0.1, 0.15) is 53.4 Å². The number of hydrogen-bond acceptors (Lipinski definition) is 3. The van der Waals surface area contributed by atoms with Crippen LogP contribution >= 0.6 is 0 Å². The Kier molecular flexibility index (Phi) is 6.90. The van der Waals surface area contributed by atoms with Crippen molar-refractivity contribution < 1.29 is 14.3 Å². The summed E-state index contributed by atoms with van der Waals surface area (Å²) in [4.78, 5) is 12.4.